The number of rotatable bonds is 6. The van der Waals surface area contributed by atoms with Gasteiger partial charge in [0.25, 0.3) is 5.91 Å². The second-order valence-electron chi connectivity index (χ2n) is 7.55. The average Bonchev–Trinajstić information content (AvgIpc) is 2.63. The van der Waals surface area contributed by atoms with Gasteiger partial charge in [-0.05, 0) is 39.3 Å². The predicted octanol–water partition coefficient (Wildman–Crippen LogP) is 2.22. The predicted molar refractivity (Wildman–Crippen MR) is 105 cm³/mol. The molecule has 1 heterocycles. The van der Waals surface area contributed by atoms with Crippen LogP contribution < -0.4 is 20.3 Å². The highest BCUT2D eigenvalue weighted by Crippen LogP contribution is 2.33. The van der Waals surface area contributed by atoms with Crippen LogP contribution in [0.15, 0.2) is 24.3 Å². The molecule has 0 fully saturated rings. The molecule has 28 heavy (non-hydrogen) atoms. The van der Waals surface area contributed by atoms with Crippen molar-refractivity contribution >= 4 is 23.6 Å². The highest BCUT2D eigenvalue weighted by molar-refractivity contribution is 5.97. The molecule has 1 aromatic rings. The standard InChI is InChI=1S/C20H29N3O5/c1-5-11-21-18(25)16-13-23(14-8-6-7-9-15(14)27-16)17(24)10-12-22-19(26)28-20(2,3)4/h6-9,16H,5,10-13H2,1-4H3,(H,21,25)(H,22,26)/t16-/m0/s1. The molecule has 1 aromatic carbocycles. The Morgan fingerprint density at radius 2 is 1.89 bits per heavy atom. The average molecular weight is 391 g/mol. The quantitative estimate of drug-likeness (QED) is 0.775. The zero-order valence-corrected chi connectivity index (χ0v) is 16.9. The molecule has 2 rings (SSSR count). The number of ether oxygens (including phenoxy) is 2. The first-order valence-electron chi connectivity index (χ1n) is 9.52. The van der Waals surface area contributed by atoms with Gasteiger partial charge in [0.1, 0.15) is 11.4 Å². The molecule has 154 valence electrons. The van der Waals surface area contributed by atoms with Crippen LogP contribution in [0, 0.1) is 0 Å². The first-order chi connectivity index (χ1) is 13.2. The second kappa shape index (κ2) is 9.43. The molecule has 0 aliphatic carbocycles. The van der Waals surface area contributed by atoms with Crippen molar-refractivity contribution in [2.75, 3.05) is 24.5 Å². The molecule has 0 bridgehead atoms. The van der Waals surface area contributed by atoms with E-state index in [0.717, 1.165) is 6.42 Å². The number of hydrogen-bond donors (Lipinski definition) is 2. The molecule has 1 atom stereocenters. The second-order valence-corrected chi connectivity index (χ2v) is 7.55. The number of para-hydroxylation sites is 2. The van der Waals surface area contributed by atoms with Crippen LogP contribution in [0.3, 0.4) is 0 Å². The van der Waals surface area contributed by atoms with E-state index in [1.165, 1.54) is 4.90 Å². The molecule has 0 saturated carbocycles. The number of benzene rings is 1. The lowest BCUT2D eigenvalue weighted by molar-refractivity contribution is -0.128. The third kappa shape index (κ3) is 6.14. The van der Waals surface area contributed by atoms with Crippen molar-refractivity contribution in [3.63, 3.8) is 0 Å². The Labute approximate surface area is 165 Å². The number of anilines is 1. The Hall–Kier alpha value is -2.77. The fourth-order valence-corrected chi connectivity index (χ4v) is 2.69. The molecular formula is C20H29N3O5. The number of hydrogen-bond acceptors (Lipinski definition) is 5. The molecule has 0 saturated heterocycles. The summed E-state index contributed by atoms with van der Waals surface area (Å²) in [4.78, 5) is 38.3. The van der Waals surface area contributed by atoms with Crippen molar-refractivity contribution < 1.29 is 23.9 Å². The van der Waals surface area contributed by atoms with Crippen LogP contribution in [-0.2, 0) is 14.3 Å². The van der Waals surface area contributed by atoms with Crippen LogP contribution in [0.4, 0.5) is 10.5 Å². The van der Waals surface area contributed by atoms with Crippen molar-refractivity contribution in [1.29, 1.82) is 0 Å². The summed E-state index contributed by atoms with van der Waals surface area (Å²) >= 11 is 0. The van der Waals surface area contributed by atoms with Crippen LogP contribution in [-0.4, -0.2) is 49.2 Å². The molecule has 8 heteroatoms. The Morgan fingerprint density at radius 3 is 2.57 bits per heavy atom. The number of alkyl carbamates (subject to hydrolysis) is 1. The van der Waals surface area contributed by atoms with Gasteiger partial charge in [0.05, 0.1) is 12.2 Å². The third-order valence-corrected chi connectivity index (χ3v) is 3.92. The lowest BCUT2D eigenvalue weighted by Gasteiger charge is -2.34. The molecule has 1 aliphatic heterocycles. The minimum atomic E-state index is -0.774. The summed E-state index contributed by atoms with van der Waals surface area (Å²) in [5.41, 5.74) is 0.0142. The SMILES string of the molecule is CCCNC(=O)[C@@H]1CN(C(=O)CCNC(=O)OC(C)(C)C)c2ccccc2O1. The number of nitrogens with zero attached hydrogens (tertiary/aromatic N) is 1. The summed E-state index contributed by atoms with van der Waals surface area (Å²) in [6.07, 6.45) is -0.450. The van der Waals surface area contributed by atoms with E-state index in [9.17, 15) is 14.4 Å². The minimum absolute atomic E-state index is 0.0802. The number of fused-ring (bicyclic) bond motifs is 1. The molecular weight excluding hydrogens is 362 g/mol. The van der Waals surface area contributed by atoms with Crippen molar-refractivity contribution in [2.45, 2.75) is 52.2 Å². The van der Waals surface area contributed by atoms with Gasteiger partial charge in [-0.15, -0.1) is 0 Å². The minimum Gasteiger partial charge on any atom is -0.477 e. The number of carbonyl (C=O) groups is 3. The van der Waals surface area contributed by atoms with E-state index < -0.39 is 17.8 Å². The zero-order chi connectivity index (χ0) is 20.7. The van der Waals surface area contributed by atoms with Crippen LogP contribution in [0.2, 0.25) is 0 Å². The Kier molecular flexibility index (Phi) is 7.25. The maximum Gasteiger partial charge on any atom is 0.407 e. The first-order valence-corrected chi connectivity index (χ1v) is 9.52. The molecule has 0 spiro atoms. The summed E-state index contributed by atoms with van der Waals surface area (Å²) in [7, 11) is 0. The van der Waals surface area contributed by atoms with E-state index in [2.05, 4.69) is 10.6 Å². The molecule has 8 nitrogen and oxygen atoms in total. The maximum atomic E-state index is 12.8. The molecule has 2 N–H and O–H groups in total. The third-order valence-electron chi connectivity index (χ3n) is 3.92. The van der Waals surface area contributed by atoms with Crippen molar-refractivity contribution in [2.24, 2.45) is 0 Å². The Balaban J connectivity index is 2.00. The summed E-state index contributed by atoms with van der Waals surface area (Å²) in [5, 5.41) is 5.37. The van der Waals surface area contributed by atoms with Crippen molar-refractivity contribution in [3.05, 3.63) is 24.3 Å². The van der Waals surface area contributed by atoms with Crippen LogP contribution >= 0.6 is 0 Å². The molecule has 1 aliphatic rings. The number of amides is 3. The summed E-state index contributed by atoms with van der Waals surface area (Å²) in [5.74, 6) is 0.0278. The largest absolute Gasteiger partial charge is 0.477 e. The van der Waals surface area contributed by atoms with Crippen LogP contribution in [0.25, 0.3) is 0 Å². The van der Waals surface area contributed by atoms with E-state index >= 15 is 0 Å². The van der Waals surface area contributed by atoms with E-state index in [1.54, 1.807) is 45.0 Å². The zero-order valence-electron chi connectivity index (χ0n) is 16.9. The Bertz CT molecular complexity index is 714. The molecule has 3 amide bonds. The van der Waals surface area contributed by atoms with Gasteiger partial charge in [0.2, 0.25) is 5.91 Å². The van der Waals surface area contributed by atoms with Crippen molar-refractivity contribution in [3.8, 4) is 5.75 Å². The lowest BCUT2D eigenvalue weighted by Crippen LogP contribution is -2.51. The van der Waals surface area contributed by atoms with E-state index in [4.69, 9.17) is 9.47 Å². The first kappa shape index (κ1) is 21.5. The lowest BCUT2D eigenvalue weighted by atomic mass is 10.1. The van der Waals surface area contributed by atoms with Gasteiger partial charge >= 0.3 is 6.09 Å². The topological polar surface area (TPSA) is 97.0 Å². The molecule has 0 radical (unpaired) electrons. The van der Waals surface area contributed by atoms with E-state index in [1.807, 2.05) is 6.92 Å². The number of nitrogens with one attached hydrogen (secondary N) is 2. The van der Waals surface area contributed by atoms with E-state index in [-0.39, 0.29) is 31.3 Å². The van der Waals surface area contributed by atoms with E-state index in [0.29, 0.717) is 18.0 Å². The molecule has 0 aromatic heterocycles. The maximum absolute atomic E-state index is 12.8. The normalized spacial score (nSPS) is 15.9. The van der Waals surface area contributed by atoms with Gasteiger partial charge in [-0.3, -0.25) is 9.59 Å². The summed E-state index contributed by atoms with van der Waals surface area (Å²) in [6, 6.07) is 7.10. The van der Waals surface area contributed by atoms with Gasteiger partial charge in [-0.2, -0.15) is 0 Å². The van der Waals surface area contributed by atoms with Gasteiger partial charge < -0.3 is 25.0 Å². The summed E-state index contributed by atoms with van der Waals surface area (Å²) in [6.45, 7) is 8.08. The fraction of sp³-hybridized carbons (Fsp3) is 0.550. The highest BCUT2D eigenvalue weighted by atomic mass is 16.6. The van der Waals surface area contributed by atoms with Gasteiger partial charge in [0.15, 0.2) is 6.10 Å². The fourth-order valence-electron chi connectivity index (χ4n) is 2.69. The van der Waals surface area contributed by atoms with Crippen molar-refractivity contribution in [1.82, 2.24) is 10.6 Å². The van der Waals surface area contributed by atoms with Gasteiger partial charge in [0, 0.05) is 19.5 Å². The monoisotopic (exact) mass is 391 g/mol. The van der Waals surface area contributed by atoms with Gasteiger partial charge in [-0.1, -0.05) is 19.1 Å². The highest BCUT2D eigenvalue weighted by Gasteiger charge is 2.33. The summed E-state index contributed by atoms with van der Waals surface area (Å²) < 4.78 is 10.9. The van der Waals surface area contributed by atoms with Crippen LogP contribution in [0.5, 0.6) is 5.75 Å². The number of carbonyl (C=O) groups excluding carboxylic acids is 3. The Morgan fingerprint density at radius 1 is 1.18 bits per heavy atom. The van der Waals surface area contributed by atoms with Gasteiger partial charge in [-0.25, -0.2) is 4.79 Å². The van der Waals surface area contributed by atoms with Crippen LogP contribution in [0.1, 0.15) is 40.5 Å². The molecule has 0 unspecified atom stereocenters. The smallest absolute Gasteiger partial charge is 0.407 e.